The van der Waals surface area contributed by atoms with Crippen LogP contribution in [0.4, 0.5) is 0 Å². The Hall–Kier alpha value is -3.80. The topological polar surface area (TPSA) is 140 Å². The van der Waals surface area contributed by atoms with Crippen LogP contribution in [0.3, 0.4) is 0 Å². The standard InChI is InChI=1S/C25H32BN5O6/c1-17(2)13-21(26-36-22(32)9-12-31(3)16-23(33)37-26)30-24(34)19(14-18-7-5-4-6-8-18)29-25(35)20-15-27-10-11-28-20/h4-8,10-11,15,17,19,21H,9,12-14,16H2,1-3H3,(H,29,35)(H,30,34)/t19-,21-/m0/s1. The second-order valence-corrected chi connectivity index (χ2v) is 9.39. The van der Waals surface area contributed by atoms with Gasteiger partial charge in [0.15, 0.2) is 0 Å². The molecule has 0 spiro atoms. The lowest BCUT2D eigenvalue weighted by atomic mass is 9.73. The van der Waals surface area contributed by atoms with Crippen molar-refractivity contribution in [2.75, 3.05) is 20.1 Å². The fourth-order valence-corrected chi connectivity index (χ4v) is 3.86. The van der Waals surface area contributed by atoms with Crippen LogP contribution in [0, 0.1) is 5.92 Å². The molecule has 1 aliphatic rings. The summed E-state index contributed by atoms with van der Waals surface area (Å²) in [6.07, 6.45) is 4.78. The van der Waals surface area contributed by atoms with Gasteiger partial charge in [-0.1, -0.05) is 44.2 Å². The molecule has 0 radical (unpaired) electrons. The van der Waals surface area contributed by atoms with Gasteiger partial charge in [-0.15, -0.1) is 0 Å². The SMILES string of the molecule is CC(C)C[C@H](NC(=O)[C@H](Cc1ccccc1)NC(=O)c1cnccn1)B1OC(=O)CCN(C)CC(=O)O1. The zero-order valence-electron chi connectivity index (χ0n) is 21.3. The second-order valence-electron chi connectivity index (χ2n) is 9.39. The Bertz CT molecular complexity index is 1070. The number of hydrogen-bond donors (Lipinski definition) is 2. The number of carbonyl (C=O) groups excluding carboxylic acids is 4. The fourth-order valence-electron chi connectivity index (χ4n) is 3.86. The minimum absolute atomic E-state index is 0.0136. The summed E-state index contributed by atoms with van der Waals surface area (Å²) in [5.74, 6) is -2.94. The molecule has 0 unspecified atom stereocenters. The van der Waals surface area contributed by atoms with Crippen LogP contribution in [0.2, 0.25) is 0 Å². The maximum absolute atomic E-state index is 13.5. The molecule has 2 N–H and O–H groups in total. The third-order valence-corrected chi connectivity index (χ3v) is 5.67. The molecule has 2 aromatic rings. The smallest absolute Gasteiger partial charge is 0.498 e. The third-order valence-electron chi connectivity index (χ3n) is 5.67. The van der Waals surface area contributed by atoms with Crippen LogP contribution in [0.25, 0.3) is 0 Å². The van der Waals surface area contributed by atoms with Crippen molar-refractivity contribution in [1.82, 2.24) is 25.5 Å². The zero-order chi connectivity index (χ0) is 26.8. The molecule has 2 heterocycles. The first kappa shape index (κ1) is 27.8. The van der Waals surface area contributed by atoms with Gasteiger partial charge in [0.1, 0.15) is 11.7 Å². The van der Waals surface area contributed by atoms with Crippen molar-refractivity contribution < 1.29 is 28.5 Å². The Balaban J connectivity index is 1.83. The number of carbonyl (C=O) groups is 4. The van der Waals surface area contributed by atoms with Gasteiger partial charge in [0, 0.05) is 25.4 Å². The molecule has 0 aliphatic carbocycles. The molecule has 12 heteroatoms. The Morgan fingerprint density at radius 2 is 1.81 bits per heavy atom. The molecule has 2 amide bonds. The largest absolute Gasteiger partial charge is 0.622 e. The second kappa shape index (κ2) is 13.5. The molecule has 196 valence electrons. The first-order valence-corrected chi connectivity index (χ1v) is 12.2. The molecule has 1 aromatic heterocycles. The van der Waals surface area contributed by atoms with E-state index in [1.165, 1.54) is 18.6 Å². The van der Waals surface area contributed by atoms with E-state index in [4.69, 9.17) is 9.31 Å². The molecule has 0 saturated carbocycles. The quantitative estimate of drug-likeness (QED) is 0.470. The van der Waals surface area contributed by atoms with Crippen molar-refractivity contribution >= 4 is 30.9 Å². The Kier molecular flexibility index (Phi) is 10.1. The first-order valence-electron chi connectivity index (χ1n) is 12.2. The molecule has 1 saturated heterocycles. The summed E-state index contributed by atoms with van der Waals surface area (Å²) in [7, 11) is 0.405. The van der Waals surface area contributed by atoms with Crippen molar-refractivity contribution in [1.29, 1.82) is 0 Å². The van der Waals surface area contributed by atoms with Gasteiger partial charge in [0.25, 0.3) is 11.9 Å². The molecule has 1 fully saturated rings. The van der Waals surface area contributed by atoms with Gasteiger partial charge < -0.3 is 19.9 Å². The Morgan fingerprint density at radius 1 is 1.08 bits per heavy atom. The summed E-state index contributed by atoms with van der Waals surface area (Å²) < 4.78 is 11.0. The van der Waals surface area contributed by atoms with Crippen molar-refractivity contribution in [3.05, 3.63) is 60.2 Å². The number of rotatable bonds is 9. The first-order chi connectivity index (χ1) is 17.7. The van der Waals surface area contributed by atoms with E-state index in [2.05, 4.69) is 20.6 Å². The van der Waals surface area contributed by atoms with Gasteiger partial charge in [-0.25, -0.2) is 4.98 Å². The summed E-state index contributed by atoms with van der Waals surface area (Å²) in [5.41, 5.74) is 0.890. The highest BCUT2D eigenvalue weighted by molar-refractivity contribution is 6.51. The average molecular weight is 509 g/mol. The Morgan fingerprint density at radius 3 is 2.49 bits per heavy atom. The number of nitrogens with zero attached hydrogens (tertiary/aromatic N) is 3. The van der Waals surface area contributed by atoms with Crippen LogP contribution >= 0.6 is 0 Å². The highest BCUT2D eigenvalue weighted by Gasteiger charge is 2.41. The van der Waals surface area contributed by atoms with Crippen LogP contribution in [-0.2, 0) is 30.1 Å². The lowest BCUT2D eigenvalue weighted by molar-refractivity contribution is -0.140. The summed E-state index contributed by atoms with van der Waals surface area (Å²) in [6.45, 7) is 4.20. The van der Waals surface area contributed by atoms with E-state index >= 15 is 0 Å². The van der Waals surface area contributed by atoms with Crippen LogP contribution in [-0.4, -0.2) is 77.9 Å². The molecule has 1 aromatic carbocycles. The summed E-state index contributed by atoms with van der Waals surface area (Å²) in [6, 6.07) is 8.23. The maximum Gasteiger partial charge on any atom is 0.622 e. The highest BCUT2D eigenvalue weighted by Crippen LogP contribution is 2.14. The minimum Gasteiger partial charge on any atom is -0.498 e. The zero-order valence-corrected chi connectivity index (χ0v) is 21.3. The molecule has 1 aliphatic heterocycles. The van der Waals surface area contributed by atoms with Gasteiger partial charge in [-0.05, 0) is 24.9 Å². The maximum atomic E-state index is 13.5. The fraction of sp³-hybridized carbons (Fsp3) is 0.440. The van der Waals surface area contributed by atoms with E-state index in [1.54, 1.807) is 11.9 Å². The molecule has 3 rings (SSSR count). The number of likely N-dealkylation sites (N-methyl/N-ethyl adjacent to an activating group) is 1. The predicted octanol–water partition coefficient (Wildman–Crippen LogP) is 0.798. The van der Waals surface area contributed by atoms with Gasteiger partial charge in [0.2, 0.25) is 5.91 Å². The summed E-state index contributed by atoms with van der Waals surface area (Å²) >= 11 is 0. The molecule has 2 atom stereocenters. The summed E-state index contributed by atoms with van der Waals surface area (Å²) in [5, 5.41) is 5.58. The molecular weight excluding hydrogens is 477 g/mol. The van der Waals surface area contributed by atoms with Gasteiger partial charge in [-0.2, -0.15) is 0 Å². The number of benzene rings is 1. The van der Waals surface area contributed by atoms with Crippen molar-refractivity contribution in [3.63, 3.8) is 0 Å². The molecule has 0 bridgehead atoms. The number of amides is 2. The molecular formula is C25H32BN5O6. The van der Waals surface area contributed by atoms with E-state index in [1.807, 2.05) is 44.2 Å². The molecule has 37 heavy (non-hydrogen) atoms. The predicted molar refractivity (Wildman–Crippen MR) is 135 cm³/mol. The van der Waals surface area contributed by atoms with Gasteiger partial charge in [-0.3, -0.25) is 29.1 Å². The van der Waals surface area contributed by atoms with Crippen molar-refractivity contribution in [2.45, 2.75) is 45.1 Å². The van der Waals surface area contributed by atoms with E-state index in [0.29, 0.717) is 13.0 Å². The minimum atomic E-state index is -1.30. The van der Waals surface area contributed by atoms with Gasteiger partial charge in [0.05, 0.1) is 25.1 Å². The van der Waals surface area contributed by atoms with E-state index in [-0.39, 0.29) is 31.0 Å². The van der Waals surface area contributed by atoms with Gasteiger partial charge >= 0.3 is 13.1 Å². The van der Waals surface area contributed by atoms with Crippen LogP contribution < -0.4 is 10.6 Å². The van der Waals surface area contributed by atoms with Crippen molar-refractivity contribution in [3.8, 4) is 0 Å². The third kappa shape index (κ3) is 8.98. The Labute approximate surface area is 216 Å². The van der Waals surface area contributed by atoms with Crippen LogP contribution in [0.15, 0.2) is 48.9 Å². The average Bonchev–Trinajstić information content (AvgIpc) is 2.92. The van der Waals surface area contributed by atoms with Crippen molar-refractivity contribution in [2.24, 2.45) is 5.92 Å². The number of hydrogen-bond acceptors (Lipinski definition) is 9. The van der Waals surface area contributed by atoms with E-state index in [9.17, 15) is 19.2 Å². The number of aromatic nitrogens is 2. The lowest BCUT2D eigenvalue weighted by Crippen LogP contribution is -2.57. The van der Waals surface area contributed by atoms with E-state index in [0.717, 1.165) is 5.56 Å². The lowest BCUT2D eigenvalue weighted by Gasteiger charge is -2.27. The number of nitrogens with one attached hydrogen (secondary N) is 2. The highest BCUT2D eigenvalue weighted by atomic mass is 16.6. The normalized spacial score (nSPS) is 16.5. The summed E-state index contributed by atoms with van der Waals surface area (Å²) in [4.78, 5) is 60.7. The van der Waals surface area contributed by atoms with Crippen LogP contribution in [0.5, 0.6) is 0 Å². The van der Waals surface area contributed by atoms with Crippen LogP contribution in [0.1, 0.15) is 42.7 Å². The molecule has 11 nitrogen and oxygen atoms in total. The van der Waals surface area contributed by atoms with E-state index < -0.39 is 42.9 Å². The monoisotopic (exact) mass is 509 g/mol.